The summed E-state index contributed by atoms with van der Waals surface area (Å²) >= 11 is 0. The Morgan fingerprint density at radius 3 is 2.82 bits per heavy atom. The van der Waals surface area contributed by atoms with E-state index in [1.807, 2.05) is 37.4 Å². The van der Waals surface area contributed by atoms with Gasteiger partial charge in [-0.3, -0.25) is 4.79 Å². The number of carbonyl (C=O) groups is 1. The Morgan fingerprint density at radius 1 is 1.41 bits per heavy atom. The second-order valence-corrected chi connectivity index (χ2v) is 4.07. The Hall–Kier alpha value is -2.10. The van der Waals surface area contributed by atoms with E-state index in [-0.39, 0.29) is 12.3 Å². The molecule has 0 bridgehead atoms. The van der Waals surface area contributed by atoms with Crippen LogP contribution in [0.25, 0.3) is 0 Å². The number of hydrogen-bond acceptors (Lipinski definition) is 2. The van der Waals surface area contributed by atoms with Crippen LogP contribution in [0.15, 0.2) is 36.7 Å². The van der Waals surface area contributed by atoms with E-state index in [1.54, 1.807) is 6.20 Å². The highest BCUT2D eigenvalue weighted by Gasteiger charge is 2.02. The minimum absolute atomic E-state index is 0.288. The monoisotopic (exact) mass is 229 g/mol. The predicted octanol–water partition coefficient (Wildman–Crippen LogP) is 1.27. The molecule has 2 rings (SSSR count). The Balaban J connectivity index is 2.16. The quantitative estimate of drug-likeness (QED) is 0.858. The number of nitrogens with zero attached hydrogens (tertiary/aromatic N) is 2. The van der Waals surface area contributed by atoms with Crippen molar-refractivity contribution in [2.75, 3.05) is 0 Å². The van der Waals surface area contributed by atoms with Crippen LogP contribution in [0.4, 0.5) is 0 Å². The van der Waals surface area contributed by atoms with E-state index < -0.39 is 0 Å². The zero-order valence-corrected chi connectivity index (χ0v) is 9.76. The largest absolute Gasteiger partial charge is 0.369 e. The van der Waals surface area contributed by atoms with Crippen molar-refractivity contribution in [1.29, 1.82) is 0 Å². The molecule has 1 amide bonds. The number of imidazole rings is 1. The van der Waals surface area contributed by atoms with Crippen LogP contribution in [0.1, 0.15) is 17.0 Å². The molecule has 2 aromatic rings. The third-order valence-electron chi connectivity index (χ3n) is 2.65. The number of rotatable bonds is 4. The Labute approximate surface area is 100 Å². The normalized spacial score (nSPS) is 10.4. The first-order valence-electron chi connectivity index (χ1n) is 5.49. The lowest BCUT2D eigenvalue weighted by Gasteiger charge is -2.06. The van der Waals surface area contributed by atoms with Crippen molar-refractivity contribution in [3.8, 4) is 0 Å². The van der Waals surface area contributed by atoms with Crippen LogP contribution in [-0.4, -0.2) is 15.5 Å². The predicted molar refractivity (Wildman–Crippen MR) is 65.4 cm³/mol. The second kappa shape index (κ2) is 4.82. The van der Waals surface area contributed by atoms with Crippen LogP contribution in [0.3, 0.4) is 0 Å². The molecule has 17 heavy (non-hydrogen) atoms. The van der Waals surface area contributed by atoms with Crippen molar-refractivity contribution >= 4 is 5.91 Å². The van der Waals surface area contributed by atoms with E-state index >= 15 is 0 Å². The molecule has 0 saturated carbocycles. The summed E-state index contributed by atoms with van der Waals surface area (Å²) < 4.78 is 2.06. The Bertz CT molecular complexity index is 531. The van der Waals surface area contributed by atoms with E-state index in [4.69, 9.17) is 5.73 Å². The van der Waals surface area contributed by atoms with E-state index in [0.717, 1.165) is 23.5 Å². The third kappa shape index (κ3) is 2.93. The van der Waals surface area contributed by atoms with Gasteiger partial charge in [-0.2, -0.15) is 0 Å². The van der Waals surface area contributed by atoms with Gasteiger partial charge in [0.25, 0.3) is 0 Å². The maximum absolute atomic E-state index is 10.9. The summed E-state index contributed by atoms with van der Waals surface area (Å²) in [6.45, 7) is 2.73. The number of benzene rings is 1. The summed E-state index contributed by atoms with van der Waals surface area (Å²) in [5, 5.41) is 0. The summed E-state index contributed by atoms with van der Waals surface area (Å²) in [7, 11) is 0. The molecule has 4 heteroatoms. The number of carbonyl (C=O) groups excluding carboxylic acids is 1. The van der Waals surface area contributed by atoms with E-state index in [2.05, 4.69) is 9.55 Å². The molecule has 0 atom stereocenters. The van der Waals surface area contributed by atoms with Gasteiger partial charge >= 0.3 is 0 Å². The third-order valence-corrected chi connectivity index (χ3v) is 2.65. The molecule has 0 aliphatic carbocycles. The zero-order valence-electron chi connectivity index (χ0n) is 9.76. The molecule has 0 spiro atoms. The molecule has 88 valence electrons. The molecular weight excluding hydrogens is 214 g/mol. The first-order valence-corrected chi connectivity index (χ1v) is 5.49. The van der Waals surface area contributed by atoms with Gasteiger partial charge in [-0.05, 0) is 18.1 Å². The minimum Gasteiger partial charge on any atom is -0.369 e. The maximum atomic E-state index is 10.9. The fourth-order valence-corrected chi connectivity index (χ4v) is 1.81. The molecule has 2 N–H and O–H groups in total. The lowest BCUT2D eigenvalue weighted by Crippen LogP contribution is -2.13. The molecular formula is C13H15N3O. The molecule has 0 aliphatic heterocycles. The number of amides is 1. The fraction of sp³-hybridized carbons (Fsp3) is 0.231. The van der Waals surface area contributed by atoms with Crippen LogP contribution in [0.2, 0.25) is 0 Å². The van der Waals surface area contributed by atoms with Crippen molar-refractivity contribution in [2.45, 2.75) is 19.9 Å². The van der Waals surface area contributed by atoms with Crippen LogP contribution in [0, 0.1) is 6.92 Å². The average Bonchev–Trinajstić information content (AvgIpc) is 2.64. The lowest BCUT2D eigenvalue weighted by atomic mass is 10.1. The van der Waals surface area contributed by atoms with Gasteiger partial charge in [0.05, 0.1) is 6.42 Å². The Morgan fingerprint density at radius 2 is 2.18 bits per heavy atom. The number of aryl methyl sites for hydroxylation is 1. The second-order valence-electron chi connectivity index (χ2n) is 4.07. The zero-order chi connectivity index (χ0) is 12.3. The van der Waals surface area contributed by atoms with E-state index in [0.29, 0.717) is 0 Å². The summed E-state index contributed by atoms with van der Waals surface area (Å²) in [6, 6.07) is 7.89. The number of primary amides is 1. The van der Waals surface area contributed by atoms with Gasteiger partial charge in [0.2, 0.25) is 5.91 Å². The number of nitrogens with two attached hydrogens (primary N) is 1. The van der Waals surface area contributed by atoms with Crippen LogP contribution in [0.5, 0.6) is 0 Å². The number of aromatic nitrogens is 2. The van der Waals surface area contributed by atoms with Crippen LogP contribution < -0.4 is 5.73 Å². The lowest BCUT2D eigenvalue weighted by molar-refractivity contribution is -0.117. The molecule has 0 unspecified atom stereocenters. The van der Waals surface area contributed by atoms with Crippen LogP contribution in [-0.2, 0) is 17.8 Å². The average molecular weight is 229 g/mol. The molecule has 0 fully saturated rings. The van der Waals surface area contributed by atoms with E-state index in [1.165, 1.54) is 0 Å². The fourth-order valence-electron chi connectivity index (χ4n) is 1.81. The maximum Gasteiger partial charge on any atom is 0.221 e. The Kier molecular flexibility index (Phi) is 3.23. The van der Waals surface area contributed by atoms with E-state index in [9.17, 15) is 4.79 Å². The first kappa shape index (κ1) is 11.4. The van der Waals surface area contributed by atoms with Crippen molar-refractivity contribution in [2.24, 2.45) is 5.73 Å². The molecule has 1 aromatic heterocycles. The summed E-state index contributed by atoms with van der Waals surface area (Å²) in [6.07, 6.45) is 4.01. The summed E-state index contributed by atoms with van der Waals surface area (Å²) in [5.41, 5.74) is 7.28. The van der Waals surface area contributed by atoms with Gasteiger partial charge < -0.3 is 10.3 Å². The molecule has 0 saturated heterocycles. The molecule has 0 aliphatic rings. The van der Waals surface area contributed by atoms with Crippen molar-refractivity contribution in [1.82, 2.24) is 9.55 Å². The molecule has 1 aromatic carbocycles. The highest BCUT2D eigenvalue weighted by atomic mass is 16.1. The smallest absolute Gasteiger partial charge is 0.221 e. The summed E-state index contributed by atoms with van der Waals surface area (Å²) in [5.74, 6) is 0.672. The van der Waals surface area contributed by atoms with Crippen molar-refractivity contribution < 1.29 is 4.79 Å². The highest BCUT2D eigenvalue weighted by Crippen LogP contribution is 2.09. The standard InChI is InChI=1S/C13H15N3O/c1-10-15-5-6-16(10)9-12-4-2-3-11(7-12)8-13(14)17/h2-7H,8-9H2,1H3,(H2,14,17). The van der Waals surface area contributed by atoms with Crippen molar-refractivity contribution in [3.63, 3.8) is 0 Å². The molecule has 4 nitrogen and oxygen atoms in total. The number of hydrogen-bond donors (Lipinski definition) is 1. The minimum atomic E-state index is -0.305. The SMILES string of the molecule is Cc1nccn1Cc1cccc(CC(N)=O)c1. The van der Waals surface area contributed by atoms with Gasteiger partial charge in [0.15, 0.2) is 0 Å². The highest BCUT2D eigenvalue weighted by molar-refractivity contribution is 5.76. The van der Waals surface area contributed by atoms with Gasteiger partial charge in [-0.15, -0.1) is 0 Å². The topological polar surface area (TPSA) is 60.9 Å². The summed E-state index contributed by atoms with van der Waals surface area (Å²) in [4.78, 5) is 15.0. The van der Waals surface area contributed by atoms with Gasteiger partial charge in [-0.25, -0.2) is 4.98 Å². The van der Waals surface area contributed by atoms with Gasteiger partial charge in [-0.1, -0.05) is 24.3 Å². The van der Waals surface area contributed by atoms with Crippen LogP contribution >= 0.6 is 0 Å². The van der Waals surface area contributed by atoms with Crippen molar-refractivity contribution in [3.05, 3.63) is 53.6 Å². The van der Waals surface area contributed by atoms with Gasteiger partial charge in [0, 0.05) is 18.9 Å². The van der Waals surface area contributed by atoms with Gasteiger partial charge in [0.1, 0.15) is 5.82 Å². The molecule has 0 radical (unpaired) electrons. The first-order chi connectivity index (χ1) is 8.15. The molecule has 1 heterocycles.